The van der Waals surface area contributed by atoms with Crippen LogP contribution >= 0.6 is 0 Å². The van der Waals surface area contributed by atoms with E-state index in [1.54, 1.807) is 14.2 Å². The molecule has 0 saturated carbocycles. The van der Waals surface area contributed by atoms with Gasteiger partial charge in [-0.25, -0.2) is 0 Å². The second-order valence-corrected chi connectivity index (χ2v) is 6.11. The van der Waals surface area contributed by atoms with Crippen molar-refractivity contribution >= 4 is 0 Å². The Bertz CT molecular complexity index is 428. The molecule has 0 N–H and O–H groups in total. The van der Waals surface area contributed by atoms with Crippen molar-refractivity contribution in [2.45, 2.75) is 19.4 Å². The van der Waals surface area contributed by atoms with Gasteiger partial charge in [0.2, 0.25) is 0 Å². The van der Waals surface area contributed by atoms with Gasteiger partial charge < -0.3 is 19.3 Å². The zero-order chi connectivity index (χ0) is 15.2. The van der Waals surface area contributed by atoms with Crippen LogP contribution < -0.4 is 9.47 Å². The summed E-state index contributed by atoms with van der Waals surface area (Å²) in [5, 5.41) is 0. The molecule has 0 bridgehead atoms. The number of likely N-dealkylation sites (tertiary alicyclic amines) is 1. The van der Waals surface area contributed by atoms with Gasteiger partial charge in [-0.15, -0.1) is 0 Å². The summed E-state index contributed by atoms with van der Waals surface area (Å²) in [5.74, 6) is 2.57. The minimum atomic E-state index is 0.759. The average molecular weight is 292 g/mol. The number of nitrogens with zero attached hydrogens (tertiary/aromatic N) is 2. The average Bonchev–Trinajstić information content (AvgIpc) is 2.47. The largest absolute Gasteiger partial charge is 0.496 e. The molecule has 0 spiro atoms. The number of rotatable bonds is 6. The highest BCUT2D eigenvalue weighted by Crippen LogP contribution is 2.29. The summed E-state index contributed by atoms with van der Waals surface area (Å²) in [4.78, 5) is 4.82. The lowest BCUT2D eigenvalue weighted by Gasteiger charge is -2.32. The molecule has 1 aromatic carbocycles. The topological polar surface area (TPSA) is 24.9 Å². The first kappa shape index (κ1) is 16.1. The predicted octanol–water partition coefficient (Wildman–Crippen LogP) is 2.48. The van der Waals surface area contributed by atoms with Crippen LogP contribution in [0, 0.1) is 5.92 Å². The molecule has 0 radical (unpaired) electrons. The lowest BCUT2D eigenvalue weighted by atomic mass is 9.98. The summed E-state index contributed by atoms with van der Waals surface area (Å²) in [6.45, 7) is 4.41. The van der Waals surface area contributed by atoms with E-state index in [4.69, 9.17) is 9.47 Å². The molecule has 1 aliphatic heterocycles. The van der Waals surface area contributed by atoms with E-state index in [2.05, 4.69) is 23.9 Å². The normalized spacial score (nSPS) is 19.8. The quantitative estimate of drug-likeness (QED) is 0.804. The van der Waals surface area contributed by atoms with E-state index in [-0.39, 0.29) is 0 Å². The molecule has 0 amide bonds. The van der Waals surface area contributed by atoms with Gasteiger partial charge in [0.1, 0.15) is 11.5 Å². The van der Waals surface area contributed by atoms with Crippen molar-refractivity contribution in [3.8, 4) is 11.5 Å². The highest BCUT2D eigenvalue weighted by Gasteiger charge is 2.20. The van der Waals surface area contributed by atoms with Crippen LogP contribution in [0.3, 0.4) is 0 Å². The first-order valence-electron chi connectivity index (χ1n) is 7.71. The van der Waals surface area contributed by atoms with Gasteiger partial charge in [0.05, 0.1) is 19.8 Å². The molecular weight excluding hydrogens is 264 g/mol. The summed E-state index contributed by atoms with van der Waals surface area (Å²) in [6.07, 6.45) is 2.64. The van der Waals surface area contributed by atoms with Crippen molar-refractivity contribution in [3.63, 3.8) is 0 Å². The highest BCUT2D eigenvalue weighted by atomic mass is 16.5. The standard InChI is InChI=1S/C17H28N2O2/c1-18-10-6-7-14(11-18)12-19(2)13-15-16(20-3)8-5-9-17(15)21-4/h5,8-9,14H,6-7,10-13H2,1-4H3/t14-/m1/s1. The Balaban J connectivity index is 2.00. The Morgan fingerprint density at radius 3 is 2.48 bits per heavy atom. The van der Waals surface area contributed by atoms with Gasteiger partial charge in [-0.2, -0.15) is 0 Å². The number of benzene rings is 1. The molecule has 1 fully saturated rings. The van der Waals surface area contributed by atoms with Crippen LogP contribution in [0.4, 0.5) is 0 Å². The molecule has 1 aromatic rings. The minimum absolute atomic E-state index is 0.759. The third-order valence-electron chi connectivity index (χ3n) is 4.25. The molecule has 1 aliphatic rings. The van der Waals surface area contributed by atoms with Crippen LogP contribution in [-0.2, 0) is 6.54 Å². The van der Waals surface area contributed by atoms with Gasteiger partial charge >= 0.3 is 0 Å². The third-order valence-corrected chi connectivity index (χ3v) is 4.25. The third kappa shape index (κ3) is 4.35. The second-order valence-electron chi connectivity index (χ2n) is 6.11. The molecule has 118 valence electrons. The Labute approximate surface area is 128 Å². The van der Waals surface area contributed by atoms with E-state index in [0.29, 0.717) is 0 Å². The van der Waals surface area contributed by atoms with Crippen LogP contribution in [0.5, 0.6) is 11.5 Å². The molecule has 0 unspecified atom stereocenters. The van der Waals surface area contributed by atoms with Gasteiger partial charge in [-0.1, -0.05) is 6.07 Å². The zero-order valence-corrected chi connectivity index (χ0v) is 13.8. The lowest BCUT2D eigenvalue weighted by molar-refractivity contribution is 0.162. The number of methoxy groups -OCH3 is 2. The van der Waals surface area contributed by atoms with E-state index < -0.39 is 0 Å². The fraction of sp³-hybridized carbons (Fsp3) is 0.647. The summed E-state index contributed by atoms with van der Waals surface area (Å²) in [7, 11) is 7.83. The van der Waals surface area contributed by atoms with Crippen molar-refractivity contribution in [2.24, 2.45) is 5.92 Å². The minimum Gasteiger partial charge on any atom is -0.496 e. The number of hydrogen-bond donors (Lipinski definition) is 0. The summed E-state index contributed by atoms with van der Waals surface area (Å²) >= 11 is 0. The molecule has 1 atom stereocenters. The first-order valence-corrected chi connectivity index (χ1v) is 7.71. The molecule has 4 heteroatoms. The van der Waals surface area contributed by atoms with Crippen molar-refractivity contribution in [1.82, 2.24) is 9.80 Å². The summed E-state index contributed by atoms with van der Waals surface area (Å²) < 4.78 is 11.0. The van der Waals surface area contributed by atoms with E-state index >= 15 is 0 Å². The second kappa shape index (κ2) is 7.66. The van der Waals surface area contributed by atoms with Crippen molar-refractivity contribution in [2.75, 3.05) is 47.9 Å². The molecular formula is C17H28N2O2. The fourth-order valence-electron chi connectivity index (χ4n) is 3.28. The molecule has 2 rings (SSSR count). The van der Waals surface area contributed by atoms with E-state index in [0.717, 1.165) is 36.1 Å². The maximum absolute atomic E-state index is 5.48. The van der Waals surface area contributed by atoms with Crippen LogP contribution in [0.1, 0.15) is 18.4 Å². The number of hydrogen-bond acceptors (Lipinski definition) is 4. The van der Waals surface area contributed by atoms with Gasteiger partial charge in [0.25, 0.3) is 0 Å². The van der Waals surface area contributed by atoms with Crippen LogP contribution in [0.15, 0.2) is 18.2 Å². The number of ether oxygens (including phenoxy) is 2. The zero-order valence-electron chi connectivity index (χ0n) is 13.8. The molecule has 4 nitrogen and oxygen atoms in total. The maximum Gasteiger partial charge on any atom is 0.127 e. The Morgan fingerprint density at radius 2 is 1.90 bits per heavy atom. The first-order chi connectivity index (χ1) is 10.1. The fourth-order valence-corrected chi connectivity index (χ4v) is 3.28. The molecule has 1 heterocycles. The Kier molecular flexibility index (Phi) is 5.88. The van der Waals surface area contributed by atoms with E-state index in [9.17, 15) is 0 Å². The highest BCUT2D eigenvalue weighted by molar-refractivity contribution is 5.44. The molecule has 21 heavy (non-hydrogen) atoms. The monoisotopic (exact) mass is 292 g/mol. The van der Waals surface area contributed by atoms with Gasteiger partial charge in [0.15, 0.2) is 0 Å². The summed E-state index contributed by atoms with van der Waals surface area (Å²) in [5.41, 5.74) is 1.13. The SMILES string of the molecule is COc1cccc(OC)c1CN(C)C[C@@H]1CCCN(C)C1. The van der Waals surface area contributed by atoms with Gasteiger partial charge in [-0.3, -0.25) is 0 Å². The van der Waals surface area contributed by atoms with Crippen LogP contribution in [0.2, 0.25) is 0 Å². The Hall–Kier alpha value is -1.26. The number of piperidine rings is 1. The van der Waals surface area contributed by atoms with Crippen molar-refractivity contribution in [1.29, 1.82) is 0 Å². The van der Waals surface area contributed by atoms with E-state index in [1.807, 2.05) is 18.2 Å². The maximum atomic E-state index is 5.48. The predicted molar refractivity (Wildman–Crippen MR) is 86.1 cm³/mol. The van der Waals surface area contributed by atoms with Gasteiger partial charge in [-0.05, 0) is 51.5 Å². The lowest BCUT2D eigenvalue weighted by Crippen LogP contribution is -2.37. The smallest absolute Gasteiger partial charge is 0.127 e. The molecule has 1 saturated heterocycles. The summed E-state index contributed by atoms with van der Waals surface area (Å²) in [6, 6.07) is 5.97. The van der Waals surface area contributed by atoms with Crippen LogP contribution in [0.25, 0.3) is 0 Å². The van der Waals surface area contributed by atoms with Crippen molar-refractivity contribution < 1.29 is 9.47 Å². The molecule has 0 aromatic heterocycles. The Morgan fingerprint density at radius 1 is 1.24 bits per heavy atom. The molecule has 0 aliphatic carbocycles. The van der Waals surface area contributed by atoms with E-state index in [1.165, 1.54) is 25.9 Å². The van der Waals surface area contributed by atoms with Crippen molar-refractivity contribution in [3.05, 3.63) is 23.8 Å². The van der Waals surface area contributed by atoms with Crippen LogP contribution in [-0.4, -0.2) is 57.7 Å². The van der Waals surface area contributed by atoms with Gasteiger partial charge in [0, 0.05) is 19.6 Å².